The van der Waals surface area contributed by atoms with Crippen LogP contribution in [0.4, 0.5) is 5.69 Å². The maximum Gasteiger partial charge on any atom is 0.317 e. The number of benzene rings is 1. The molecule has 0 amide bonds. The summed E-state index contributed by atoms with van der Waals surface area (Å²) in [4.78, 5) is 26.1. The lowest BCUT2D eigenvalue weighted by Gasteiger charge is -1.93. The Morgan fingerprint density at radius 1 is 1.41 bits per heavy atom. The molecule has 17 heavy (non-hydrogen) atoms. The first-order chi connectivity index (χ1) is 8.10. The van der Waals surface area contributed by atoms with Crippen LogP contribution in [0.3, 0.4) is 0 Å². The van der Waals surface area contributed by atoms with Gasteiger partial charge in [0.1, 0.15) is 0 Å². The molecule has 0 aliphatic heterocycles. The SMILES string of the molecule is CCOC.CO[N+](=O)c1ccc(Cl)c(C=O)c1. The Morgan fingerprint density at radius 3 is 2.41 bits per heavy atom. The molecule has 0 N–H and O–H groups in total. The molecule has 0 aliphatic carbocycles. The van der Waals surface area contributed by atoms with Crippen molar-refractivity contribution in [2.45, 2.75) is 6.92 Å². The molecule has 0 saturated carbocycles. The van der Waals surface area contributed by atoms with Crippen LogP contribution in [-0.4, -0.2) is 32.0 Å². The minimum absolute atomic E-state index is 0.231. The fourth-order valence-electron chi connectivity index (χ4n) is 0.840. The summed E-state index contributed by atoms with van der Waals surface area (Å²) in [5.41, 5.74) is 0.492. The second-order valence-electron chi connectivity index (χ2n) is 2.84. The van der Waals surface area contributed by atoms with Gasteiger partial charge in [0.25, 0.3) is 4.92 Å². The summed E-state index contributed by atoms with van der Waals surface area (Å²) >= 11 is 5.65. The van der Waals surface area contributed by atoms with E-state index in [4.69, 9.17) is 11.6 Å². The van der Waals surface area contributed by atoms with Crippen molar-refractivity contribution in [1.29, 1.82) is 0 Å². The molecule has 0 saturated heterocycles. The van der Waals surface area contributed by atoms with Crippen LogP contribution in [0.2, 0.25) is 5.02 Å². The first kappa shape index (κ1) is 15.5. The van der Waals surface area contributed by atoms with Crippen molar-refractivity contribution in [1.82, 2.24) is 0 Å². The third-order valence-corrected chi connectivity index (χ3v) is 2.12. The molecule has 0 aliphatic rings. The Kier molecular flexibility index (Phi) is 7.92. The molecular formula is C11H15ClNO4+. The van der Waals surface area contributed by atoms with Crippen LogP contribution in [0, 0.1) is 4.91 Å². The molecule has 5 nitrogen and oxygen atoms in total. The molecule has 0 spiro atoms. The lowest BCUT2D eigenvalue weighted by Crippen LogP contribution is -1.98. The zero-order valence-electron chi connectivity index (χ0n) is 9.97. The number of carbonyl (C=O) groups is 1. The Bertz CT molecular complexity index is 380. The second-order valence-corrected chi connectivity index (χ2v) is 3.25. The van der Waals surface area contributed by atoms with Crippen LogP contribution in [0.5, 0.6) is 0 Å². The second kappa shape index (κ2) is 8.66. The van der Waals surface area contributed by atoms with Gasteiger partial charge in [-0.3, -0.25) is 4.79 Å². The summed E-state index contributed by atoms with van der Waals surface area (Å²) in [5, 5.41) is 0.309. The van der Waals surface area contributed by atoms with Crippen LogP contribution < -0.4 is 0 Å². The Labute approximate surface area is 105 Å². The largest absolute Gasteiger partial charge is 0.385 e. The van der Waals surface area contributed by atoms with Gasteiger partial charge in [0.2, 0.25) is 0 Å². The molecule has 0 fully saturated rings. The molecule has 0 atom stereocenters. The highest BCUT2D eigenvalue weighted by molar-refractivity contribution is 6.33. The standard InChI is InChI=1S/C8H7ClNO3.C3H8O/c1-13-10(12)7-2-3-8(9)6(4-7)5-11;1-3-4-2/h2-5H,1H3;3H2,1-2H3/q+1;. The normalized spacial score (nSPS) is 8.94. The fraction of sp³-hybridized carbons (Fsp3) is 0.364. The smallest absolute Gasteiger partial charge is 0.317 e. The average molecular weight is 261 g/mol. The van der Waals surface area contributed by atoms with Crippen LogP contribution in [0.1, 0.15) is 17.3 Å². The van der Waals surface area contributed by atoms with Crippen molar-refractivity contribution in [2.24, 2.45) is 0 Å². The molecule has 0 unspecified atom stereocenters. The summed E-state index contributed by atoms with van der Waals surface area (Å²) in [7, 11) is 2.92. The van der Waals surface area contributed by atoms with E-state index in [-0.39, 0.29) is 11.3 Å². The van der Waals surface area contributed by atoms with E-state index in [0.29, 0.717) is 16.2 Å². The van der Waals surface area contributed by atoms with Crippen molar-refractivity contribution >= 4 is 23.6 Å². The highest BCUT2D eigenvalue weighted by atomic mass is 35.5. The third-order valence-electron chi connectivity index (χ3n) is 1.77. The van der Waals surface area contributed by atoms with E-state index >= 15 is 0 Å². The number of rotatable bonds is 4. The van der Waals surface area contributed by atoms with Crippen LogP contribution in [0.25, 0.3) is 0 Å². The molecule has 0 radical (unpaired) electrons. The molecule has 1 rings (SSSR count). The molecular weight excluding hydrogens is 246 g/mol. The van der Waals surface area contributed by atoms with Gasteiger partial charge in [-0.15, -0.1) is 0 Å². The molecule has 0 aromatic heterocycles. The Morgan fingerprint density at radius 2 is 2.00 bits per heavy atom. The van der Waals surface area contributed by atoms with Crippen molar-refractivity contribution < 1.29 is 19.3 Å². The first-order valence-electron chi connectivity index (χ1n) is 4.85. The minimum atomic E-state index is 0.231. The van der Waals surface area contributed by atoms with Gasteiger partial charge in [-0.2, -0.15) is 0 Å². The van der Waals surface area contributed by atoms with E-state index in [1.807, 2.05) is 6.92 Å². The van der Waals surface area contributed by atoms with E-state index in [1.165, 1.54) is 25.3 Å². The van der Waals surface area contributed by atoms with Crippen molar-refractivity contribution in [3.8, 4) is 0 Å². The summed E-state index contributed by atoms with van der Waals surface area (Å²) in [6, 6.07) is 4.28. The topological polar surface area (TPSA) is 55.6 Å². The van der Waals surface area contributed by atoms with Gasteiger partial charge >= 0.3 is 5.69 Å². The third kappa shape index (κ3) is 5.42. The highest BCUT2D eigenvalue weighted by Gasteiger charge is 2.15. The summed E-state index contributed by atoms with van der Waals surface area (Å²) in [6.45, 7) is 2.78. The van der Waals surface area contributed by atoms with E-state index < -0.39 is 0 Å². The van der Waals surface area contributed by atoms with E-state index in [1.54, 1.807) is 7.11 Å². The number of nitrogens with zero attached hydrogens (tertiary/aromatic N) is 1. The summed E-state index contributed by atoms with van der Waals surface area (Å²) in [5.74, 6) is 0. The highest BCUT2D eigenvalue weighted by Crippen LogP contribution is 2.20. The number of halogens is 1. The number of hydrogen-bond donors (Lipinski definition) is 0. The zero-order valence-corrected chi connectivity index (χ0v) is 10.7. The molecule has 94 valence electrons. The zero-order chi connectivity index (χ0) is 13.3. The number of hydrogen-bond acceptors (Lipinski definition) is 4. The van der Waals surface area contributed by atoms with E-state index in [0.717, 1.165) is 6.61 Å². The Hall–Kier alpha value is -1.46. The van der Waals surface area contributed by atoms with Gasteiger partial charge in [0.15, 0.2) is 13.4 Å². The van der Waals surface area contributed by atoms with Gasteiger partial charge in [-0.25, -0.2) is 4.84 Å². The van der Waals surface area contributed by atoms with Gasteiger partial charge in [0, 0.05) is 31.4 Å². The summed E-state index contributed by atoms with van der Waals surface area (Å²) in [6.07, 6.45) is 0.579. The minimum Gasteiger partial charge on any atom is -0.385 e. The fourth-order valence-corrected chi connectivity index (χ4v) is 1.00. The maximum absolute atomic E-state index is 10.9. The molecule has 0 heterocycles. The molecule has 0 bridgehead atoms. The predicted octanol–water partition coefficient (Wildman–Crippen LogP) is 2.78. The Balaban J connectivity index is 0.000000557. The van der Waals surface area contributed by atoms with Gasteiger partial charge in [0.05, 0.1) is 9.93 Å². The molecule has 1 aromatic rings. The number of methoxy groups -OCH3 is 1. The quantitative estimate of drug-likeness (QED) is 0.617. The number of ether oxygens (including phenoxy) is 1. The van der Waals surface area contributed by atoms with Crippen molar-refractivity contribution in [2.75, 3.05) is 20.8 Å². The van der Waals surface area contributed by atoms with E-state index in [2.05, 4.69) is 9.57 Å². The lowest BCUT2D eigenvalue weighted by atomic mass is 10.2. The van der Waals surface area contributed by atoms with Gasteiger partial charge in [-0.05, 0) is 13.0 Å². The predicted molar refractivity (Wildman–Crippen MR) is 64.7 cm³/mol. The molecule has 1 aromatic carbocycles. The van der Waals surface area contributed by atoms with Gasteiger partial charge < -0.3 is 4.74 Å². The van der Waals surface area contributed by atoms with Crippen LogP contribution in [-0.2, 0) is 9.57 Å². The number of carbonyl (C=O) groups excluding carboxylic acids is 1. The van der Waals surface area contributed by atoms with E-state index in [9.17, 15) is 9.70 Å². The lowest BCUT2D eigenvalue weighted by molar-refractivity contribution is -0.736. The van der Waals surface area contributed by atoms with Crippen molar-refractivity contribution in [3.05, 3.63) is 33.7 Å². The number of aldehydes is 1. The van der Waals surface area contributed by atoms with Crippen LogP contribution in [0.15, 0.2) is 18.2 Å². The molecule has 6 heteroatoms. The van der Waals surface area contributed by atoms with Crippen molar-refractivity contribution in [3.63, 3.8) is 0 Å². The monoisotopic (exact) mass is 260 g/mol. The average Bonchev–Trinajstić information content (AvgIpc) is 2.38. The van der Waals surface area contributed by atoms with Crippen LogP contribution >= 0.6 is 11.6 Å². The maximum atomic E-state index is 10.9. The first-order valence-corrected chi connectivity index (χ1v) is 5.23. The van der Waals surface area contributed by atoms with Gasteiger partial charge in [-0.1, -0.05) is 11.6 Å². The summed E-state index contributed by atoms with van der Waals surface area (Å²) < 4.78 is 4.54.